The van der Waals surface area contributed by atoms with E-state index in [9.17, 15) is 14.9 Å². The first kappa shape index (κ1) is 11.6. The Hall–Kier alpha value is -1.50. The Morgan fingerprint density at radius 3 is 2.80 bits per heavy atom. The van der Waals surface area contributed by atoms with Gasteiger partial charge in [-0.3, -0.25) is 19.9 Å². The average Bonchev–Trinajstić information content (AvgIpc) is 2.16. The third-order valence-corrected chi connectivity index (χ3v) is 2.27. The van der Waals surface area contributed by atoms with Crippen molar-refractivity contribution in [1.82, 2.24) is 4.98 Å². The summed E-state index contributed by atoms with van der Waals surface area (Å²) in [5, 5.41) is 19.4. The van der Waals surface area contributed by atoms with E-state index in [1.54, 1.807) is 0 Å². The molecule has 0 aliphatic rings. The molecule has 0 bridgehead atoms. The Morgan fingerprint density at radius 2 is 2.33 bits per heavy atom. The molecule has 1 unspecified atom stereocenters. The lowest BCUT2D eigenvalue weighted by atomic mass is 10.1. The van der Waals surface area contributed by atoms with E-state index in [-0.39, 0.29) is 11.4 Å². The summed E-state index contributed by atoms with van der Waals surface area (Å²) >= 11 is 3.04. The number of hydrogen-bond donors (Lipinski definition) is 1. The number of hydrogen-bond acceptors (Lipinski definition) is 4. The number of carboxylic acid groups (broad SMARTS) is 1. The zero-order chi connectivity index (χ0) is 11.6. The van der Waals surface area contributed by atoms with Crippen molar-refractivity contribution in [2.45, 2.75) is 12.8 Å². The van der Waals surface area contributed by atoms with Crippen LogP contribution in [-0.2, 0) is 4.79 Å². The normalized spacial score (nSPS) is 12.1. The molecule has 0 fully saturated rings. The second-order valence-corrected chi connectivity index (χ2v) is 3.79. The summed E-state index contributed by atoms with van der Waals surface area (Å²) in [5.74, 6) is -2.15. The molecule has 0 aliphatic heterocycles. The van der Waals surface area contributed by atoms with E-state index in [0.717, 1.165) is 0 Å². The van der Waals surface area contributed by atoms with E-state index in [1.165, 1.54) is 19.2 Å². The Morgan fingerprint density at radius 1 is 1.73 bits per heavy atom. The number of halogens is 1. The zero-order valence-electron chi connectivity index (χ0n) is 7.68. The van der Waals surface area contributed by atoms with E-state index in [2.05, 4.69) is 20.9 Å². The second-order valence-electron chi connectivity index (χ2n) is 2.87. The van der Waals surface area contributed by atoms with Gasteiger partial charge in [0.15, 0.2) is 0 Å². The Kier molecular flexibility index (Phi) is 3.35. The fourth-order valence-corrected chi connectivity index (χ4v) is 1.36. The Bertz CT molecular complexity index is 421. The molecular weight excluding hydrogens is 268 g/mol. The first-order valence-electron chi connectivity index (χ1n) is 3.96. The van der Waals surface area contributed by atoms with Gasteiger partial charge in [-0.25, -0.2) is 0 Å². The van der Waals surface area contributed by atoms with Crippen molar-refractivity contribution in [2.75, 3.05) is 0 Å². The summed E-state index contributed by atoms with van der Waals surface area (Å²) in [6.07, 6.45) is 1.34. The van der Waals surface area contributed by atoms with E-state index in [4.69, 9.17) is 5.11 Å². The fourth-order valence-electron chi connectivity index (χ4n) is 1.04. The molecule has 0 aliphatic carbocycles. The van der Waals surface area contributed by atoms with Gasteiger partial charge < -0.3 is 5.11 Å². The topological polar surface area (TPSA) is 93.3 Å². The largest absolute Gasteiger partial charge is 0.481 e. The number of carboxylic acids is 1. The van der Waals surface area contributed by atoms with Crippen molar-refractivity contribution in [1.29, 1.82) is 0 Å². The van der Waals surface area contributed by atoms with Crippen molar-refractivity contribution < 1.29 is 14.8 Å². The van der Waals surface area contributed by atoms with Crippen molar-refractivity contribution in [2.24, 2.45) is 0 Å². The van der Waals surface area contributed by atoms with Gasteiger partial charge >= 0.3 is 5.97 Å². The molecule has 1 heterocycles. The molecule has 0 saturated heterocycles. The van der Waals surface area contributed by atoms with Gasteiger partial charge in [0.1, 0.15) is 11.6 Å². The van der Waals surface area contributed by atoms with Gasteiger partial charge in [-0.1, -0.05) is 0 Å². The molecule has 6 nitrogen and oxygen atoms in total. The van der Waals surface area contributed by atoms with Crippen LogP contribution in [0.15, 0.2) is 16.7 Å². The predicted molar refractivity (Wildman–Crippen MR) is 54.6 cm³/mol. The van der Waals surface area contributed by atoms with E-state index < -0.39 is 16.8 Å². The minimum Gasteiger partial charge on any atom is -0.481 e. The molecule has 0 radical (unpaired) electrons. The van der Waals surface area contributed by atoms with Crippen LogP contribution < -0.4 is 0 Å². The third-order valence-electron chi connectivity index (χ3n) is 1.84. The summed E-state index contributed by atoms with van der Waals surface area (Å²) in [5.41, 5.74) is -0.338. The summed E-state index contributed by atoms with van der Waals surface area (Å²) < 4.78 is 0.440. The molecule has 1 atom stereocenters. The average molecular weight is 275 g/mol. The maximum atomic E-state index is 10.7. The standard InChI is InChI=1S/C8H7BrN2O4/c1-4(8(12)13)7-6(11(14)15)2-5(9)3-10-7/h2-4H,1H3,(H,12,13). The molecule has 1 aromatic heterocycles. The van der Waals surface area contributed by atoms with Crippen molar-refractivity contribution in [3.05, 3.63) is 32.5 Å². The third kappa shape index (κ3) is 2.50. The molecule has 1 rings (SSSR count). The van der Waals surface area contributed by atoms with Crippen LogP contribution in [-0.4, -0.2) is 21.0 Å². The lowest BCUT2D eigenvalue weighted by Gasteiger charge is -2.05. The molecule has 1 N–H and O–H groups in total. The van der Waals surface area contributed by atoms with Crippen LogP contribution in [0.1, 0.15) is 18.5 Å². The minimum atomic E-state index is -1.15. The molecule has 0 spiro atoms. The highest BCUT2D eigenvalue weighted by atomic mass is 79.9. The summed E-state index contributed by atoms with van der Waals surface area (Å²) in [6.45, 7) is 1.35. The number of nitrogens with zero attached hydrogens (tertiary/aromatic N) is 2. The molecule has 1 aromatic rings. The van der Waals surface area contributed by atoms with Gasteiger partial charge in [0.25, 0.3) is 5.69 Å². The summed E-state index contributed by atoms with van der Waals surface area (Å²) in [6, 6.07) is 1.24. The van der Waals surface area contributed by atoms with Crippen LogP contribution in [0.3, 0.4) is 0 Å². The van der Waals surface area contributed by atoms with Crippen molar-refractivity contribution >= 4 is 27.6 Å². The molecule has 0 aromatic carbocycles. The molecule has 7 heteroatoms. The lowest BCUT2D eigenvalue weighted by Crippen LogP contribution is -2.11. The zero-order valence-corrected chi connectivity index (χ0v) is 9.26. The van der Waals surface area contributed by atoms with E-state index in [1.807, 2.05) is 0 Å². The first-order valence-corrected chi connectivity index (χ1v) is 4.75. The van der Waals surface area contributed by atoms with Crippen LogP contribution >= 0.6 is 15.9 Å². The molecular formula is C8H7BrN2O4. The maximum absolute atomic E-state index is 10.7. The molecule has 0 amide bonds. The smallest absolute Gasteiger partial charge is 0.312 e. The van der Waals surface area contributed by atoms with Gasteiger partial charge in [-0.05, 0) is 22.9 Å². The van der Waals surface area contributed by atoms with Crippen LogP contribution in [0, 0.1) is 10.1 Å². The number of aromatic nitrogens is 1. The molecule has 15 heavy (non-hydrogen) atoms. The SMILES string of the molecule is CC(C(=O)O)c1ncc(Br)cc1[N+](=O)[O-]. The van der Waals surface area contributed by atoms with E-state index in [0.29, 0.717) is 4.47 Å². The van der Waals surface area contributed by atoms with Crippen LogP contribution in [0.2, 0.25) is 0 Å². The minimum absolute atomic E-state index is 0.0456. The van der Waals surface area contributed by atoms with Gasteiger partial charge in [0.2, 0.25) is 0 Å². The number of aliphatic carboxylic acids is 1. The maximum Gasteiger partial charge on any atom is 0.312 e. The number of pyridine rings is 1. The summed E-state index contributed by atoms with van der Waals surface area (Å²) in [7, 11) is 0. The van der Waals surface area contributed by atoms with Gasteiger partial charge in [-0.15, -0.1) is 0 Å². The Labute approximate surface area is 93.2 Å². The quantitative estimate of drug-likeness (QED) is 0.672. The van der Waals surface area contributed by atoms with Gasteiger partial charge in [-0.2, -0.15) is 0 Å². The molecule has 0 saturated carbocycles. The van der Waals surface area contributed by atoms with Crippen LogP contribution in [0.4, 0.5) is 5.69 Å². The van der Waals surface area contributed by atoms with Crippen LogP contribution in [0.5, 0.6) is 0 Å². The highest BCUT2D eigenvalue weighted by Gasteiger charge is 2.25. The Balaban J connectivity index is 3.28. The van der Waals surface area contributed by atoms with Crippen molar-refractivity contribution in [3.8, 4) is 0 Å². The first-order chi connectivity index (χ1) is 6.93. The van der Waals surface area contributed by atoms with Crippen molar-refractivity contribution in [3.63, 3.8) is 0 Å². The highest BCUT2D eigenvalue weighted by Crippen LogP contribution is 2.27. The highest BCUT2D eigenvalue weighted by molar-refractivity contribution is 9.10. The molecule has 80 valence electrons. The lowest BCUT2D eigenvalue weighted by molar-refractivity contribution is -0.386. The number of rotatable bonds is 3. The number of nitro groups is 1. The van der Waals surface area contributed by atoms with Gasteiger partial charge in [0.05, 0.1) is 4.92 Å². The number of carbonyl (C=O) groups is 1. The van der Waals surface area contributed by atoms with E-state index >= 15 is 0 Å². The fraction of sp³-hybridized carbons (Fsp3) is 0.250. The second kappa shape index (κ2) is 4.35. The summed E-state index contributed by atoms with van der Waals surface area (Å²) in [4.78, 5) is 24.4. The monoisotopic (exact) mass is 274 g/mol. The van der Waals surface area contributed by atoms with Crippen LogP contribution in [0.25, 0.3) is 0 Å². The predicted octanol–water partition coefficient (Wildman–Crippen LogP) is 1.94. The van der Waals surface area contributed by atoms with Gasteiger partial charge in [0, 0.05) is 16.7 Å².